The van der Waals surface area contributed by atoms with Crippen LogP contribution in [0.15, 0.2) is 17.2 Å². The molecule has 1 saturated heterocycles. The van der Waals surface area contributed by atoms with Crippen LogP contribution in [-0.2, 0) is 30.4 Å². The van der Waals surface area contributed by atoms with E-state index < -0.39 is 34.8 Å². The van der Waals surface area contributed by atoms with Crippen molar-refractivity contribution >= 4 is 11.0 Å². The Labute approximate surface area is 201 Å². The van der Waals surface area contributed by atoms with Crippen LogP contribution >= 0.6 is 0 Å². The maximum absolute atomic E-state index is 13.7. The predicted octanol–water partition coefficient (Wildman–Crippen LogP) is 3.80. The van der Waals surface area contributed by atoms with E-state index >= 15 is 0 Å². The second kappa shape index (κ2) is 7.53. The number of rotatable bonds is 4. The number of hydrogen-bond donors (Lipinski definition) is 0. The van der Waals surface area contributed by atoms with E-state index in [1.165, 1.54) is 0 Å². The summed E-state index contributed by atoms with van der Waals surface area (Å²) < 4.78 is 76.0. The van der Waals surface area contributed by atoms with Crippen LogP contribution in [0.4, 0.5) is 22.0 Å². The van der Waals surface area contributed by atoms with Gasteiger partial charge in [0.05, 0.1) is 18.0 Å². The third-order valence-corrected chi connectivity index (χ3v) is 7.98. The molecular formula is C23H23F5N6O2. The highest BCUT2D eigenvalue weighted by atomic mass is 19.4. The Balaban J connectivity index is 1.47. The molecule has 4 heterocycles. The van der Waals surface area contributed by atoms with Crippen LogP contribution in [0.3, 0.4) is 0 Å². The van der Waals surface area contributed by atoms with Crippen LogP contribution in [0, 0.1) is 5.41 Å². The first-order chi connectivity index (χ1) is 16.9. The number of hydrogen-bond acceptors (Lipinski definition) is 6. The maximum Gasteiger partial charge on any atom is 0.449 e. The lowest BCUT2D eigenvalue weighted by molar-refractivity contribution is -0.222. The summed E-state index contributed by atoms with van der Waals surface area (Å²) in [6, 6.07) is 0. The molecule has 0 radical (unpaired) electrons. The minimum absolute atomic E-state index is 0.105. The molecule has 2 bridgehead atoms. The van der Waals surface area contributed by atoms with Gasteiger partial charge in [0, 0.05) is 49.2 Å². The van der Waals surface area contributed by atoms with Gasteiger partial charge in [0.2, 0.25) is 12.2 Å². The standard InChI is InChI=1S/C23H23F5N6O2/c1-33-7-12(6-29-33)13-5-11(3-4-36-13)17-30-15-14(31-20(23(26,27)28)34(2)18(15)35)16(32-17)21-8-22(9-21,10-21)19(24)25/h6-7,11,13,19H,3-5,8-10H2,1-2H3/t11-,13+,21?,22?/m0/s1. The molecule has 0 unspecified atom stereocenters. The Kier molecular flexibility index (Phi) is 4.90. The van der Waals surface area contributed by atoms with E-state index in [-0.39, 0.29) is 48.0 Å². The van der Waals surface area contributed by atoms with E-state index in [1.54, 1.807) is 17.9 Å². The topological polar surface area (TPSA) is 87.7 Å². The Morgan fingerprint density at radius 3 is 2.44 bits per heavy atom. The average molecular weight is 510 g/mol. The van der Waals surface area contributed by atoms with E-state index in [0.29, 0.717) is 29.8 Å². The number of halogens is 5. The molecule has 4 fully saturated rings. The molecule has 192 valence electrons. The van der Waals surface area contributed by atoms with Crippen molar-refractivity contribution < 1.29 is 26.7 Å². The molecule has 36 heavy (non-hydrogen) atoms. The van der Waals surface area contributed by atoms with Gasteiger partial charge in [-0.05, 0) is 32.1 Å². The number of alkyl halides is 5. The summed E-state index contributed by atoms with van der Waals surface area (Å²) in [7, 11) is 2.79. The Bertz CT molecular complexity index is 1410. The normalized spacial score (nSPS) is 29.9. The summed E-state index contributed by atoms with van der Waals surface area (Å²) in [6.45, 7) is 0.393. The summed E-state index contributed by atoms with van der Waals surface area (Å²) >= 11 is 0. The van der Waals surface area contributed by atoms with Crippen LogP contribution < -0.4 is 5.56 Å². The molecule has 8 nitrogen and oxygen atoms in total. The fraction of sp³-hybridized carbons (Fsp3) is 0.609. The monoisotopic (exact) mass is 510 g/mol. The second-order valence-electron chi connectivity index (χ2n) is 10.4. The molecule has 13 heteroatoms. The van der Waals surface area contributed by atoms with Gasteiger partial charge in [-0.15, -0.1) is 0 Å². The van der Waals surface area contributed by atoms with E-state index in [1.807, 2.05) is 6.20 Å². The van der Waals surface area contributed by atoms with Crippen LogP contribution in [-0.4, -0.2) is 42.3 Å². The van der Waals surface area contributed by atoms with Gasteiger partial charge in [-0.25, -0.2) is 23.7 Å². The summed E-state index contributed by atoms with van der Waals surface area (Å²) in [5.41, 5.74) is -2.30. The molecule has 0 N–H and O–H groups in total. The fourth-order valence-corrected chi connectivity index (χ4v) is 6.19. The molecule has 1 aliphatic heterocycles. The Hall–Kier alpha value is -2.96. The zero-order chi connectivity index (χ0) is 25.6. The molecule has 0 aromatic carbocycles. The van der Waals surface area contributed by atoms with Crippen LogP contribution in [0.25, 0.3) is 11.0 Å². The van der Waals surface area contributed by atoms with Crippen molar-refractivity contribution in [2.24, 2.45) is 19.5 Å². The quantitative estimate of drug-likeness (QED) is 0.497. The van der Waals surface area contributed by atoms with Gasteiger partial charge < -0.3 is 4.74 Å². The van der Waals surface area contributed by atoms with E-state index in [0.717, 1.165) is 12.6 Å². The first-order valence-corrected chi connectivity index (χ1v) is 11.7. The van der Waals surface area contributed by atoms with Crippen molar-refractivity contribution in [3.05, 3.63) is 45.7 Å². The summed E-state index contributed by atoms with van der Waals surface area (Å²) in [6.07, 6.45) is -2.80. The molecule has 3 aromatic heterocycles. The fourth-order valence-electron chi connectivity index (χ4n) is 6.19. The van der Waals surface area contributed by atoms with Crippen molar-refractivity contribution in [2.75, 3.05) is 6.61 Å². The SMILES string of the molecule is Cn1cc([C@H]2C[C@@H](c3nc(C45CC(C(F)F)(C4)C5)c4nc(C(F)(F)F)n(C)c(=O)c4n3)CCO2)cn1. The maximum atomic E-state index is 13.7. The number of aromatic nitrogens is 6. The second-order valence-corrected chi connectivity index (χ2v) is 10.4. The lowest BCUT2D eigenvalue weighted by Gasteiger charge is -2.69. The minimum Gasteiger partial charge on any atom is -0.373 e. The van der Waals surface area contributed by atoms with E-state index in [4.69, 9.17) is 4.74 Å². The number of ether oxygens (including phenoxy) is 1. The number of fused-ring (bicyclic) bond motifs is 1. The molecule has 3 aromatic rings. The number of nitrogens with zero attached hydrogens (tertiary/aromatic N) is 6. The summed E-state index contributed by atoms with van der Waals surface area (Å²) in [5.74, 6) is -1.30. The molecule has 3 saturated carbocycles. The first kappa shape index (κ1) is 23.4. The van der Waals surface area contributed by atoms with Gasteiger partial charge >= 0.3 is 6.18 Å². The third kappa shape index (κ3) is 3.31. The number of aryl methyl sites for hydroxylation is 1. The predicted molar refractivity (Wildman–Crippen MR) is 115 cm³/mol. The van der Waals surface area contributed by atoms with Crippen molar-refractivity contribution in [1.29, 1.82) is 0 Å². The molecule has 4 aliphatic rings. The molecule has 0 amide bonds. The van der Waals surface area contributed by atoms with E-state index in [2.05, 4.69) is 20.1 Å². The average Bonchev–Trinajstić information content (AvgIpc) is 3.19. The Morgan fingerprint density at radius 2 is 1.83 bits per heavy atom. The van der Waals surface area contributed by atoms with Gasteiger partial charge in [-0.1, -0.05) is 0 Å². The van der Waals surface area contributed by atoms with E-state index in [9.17, 15) is 26.7 Å². The zero-order valence-corrected chi connectivity index (χ0v) is 19.5. The van der Waals surface area contributed by atoms with Gasteiger partial charge in [-0.3, -0.25) is 14.0 Å². The third-order valence-electron chi connectivity index (χ3n) is 7.98. The molecule has 3 aliphatic carbocycles. The highest BCUT2D eigenvalue weighted by Gasteiger charge is 2.73. The minimum atomic E-state index is -4.88. The van der Waals surface area contributed by atoms with Gasteiger partial charge in [0.15, 0.2) is 5.52 Å². The highest BCUT2D eigenvalue weighted by molar-refractivity contribution is 5.78. The molecule has 0 spiro atoms. The van der Waals surface area contributed by atoms with Crippen molar-refractivity contribution in [2.45, 2.75) is 62.1 Å². The van der Waals surface area contributed by atoms with Gasteiger partial charge in [0.25, 0.3) is 5.56 Å². The molecular weight excluding hydrogens is 487 g/mol. The van der Waals surface area contributed by atoms with Gasteiger partial charge in [-0.2, -0.15) is 18.3 Å². The van der Waals surface area contributed by atoms with Crippen molar-refractivity contribution in [3.8, 4) is 0 Å². The van der Waals surface area contributed by atoms with Crippen LogP contribution in [0.1, 0.15) is 67.0 Å². The van der Waals surface area contributed by atoms with Crippen molar-refractivity contribution in [1.82, 2.24) is 29.3 Å². The highest BCUT2D eigenvalue weighted by Crippen LogP contribution is 2.75. The summed E-state index contributed by atoms with van der Waals surface area (Å²) in [5, 5.41) is 4.17. The van der Waals surface area contributed by atoms with Crippen LogP contribution in [0.2, 0.25) is 0 Å². The lowest BCUT2D eigenvalue weighted by Crippen LogP contribution is -2.68. The zero-order valence-electron chi connectivity index (χ0n) is 19.5. The smallest absolute Gasteiger partial charge is 0.373 e. The van der Waals surface area contributed by atoms with Gasteiger partial charge in [0.1, 0.15) is 11.3 Å². The molecule has 2 atom stereocenters. The van der Waals surface area contributed by atoms with Crippen LogP contribution in [0.5, 0.6) is 0 Å². The largest absolute Gasteiger partial charge is 0.449 e. The lowest BCUT2D eigenvalue weighted by atomic mass is 9.34. The first-order valence-electron chi connectivity index (χ1n) is 11.7. The summed E-state index contributed by atoms with van der Waals surface area (Å²) in [4.78, 5) is 25.9. The molecule has 7 rings (SSSR count). The van der Waals surface area contributed by atoms with Crippen molar-refractivity contribution in [3.63, 3.8) is 0 Å². The Morgan fingerprint density at radius 1 is 1.11 bits per heavy atom.